The molecule has 0 bridgehead atoms. The lowest BCUT2D eigenvalue weighted by Gasteiger charge is -2.14. The quantitative estimate of drug-likeness (QED) is 0.419. The standard InChI is InChI=1S/C25H19F3N2O4S/c1-14-5-3-8-19(15(14)2)29-22(31)13-30-23(32)21(35-24(30)33)12-18-9-10-20(34-18)16-6-4-7-17(11-16)25(26,27)28/h3-12H,13H2,1-2H3,(H,29,31)/b21-12+. The van der Waals surface area contributed by atoms with Gasteiger partial charge in [0.15, 0.2) is 0 Å². The van der Waals surface area contributed by atoms with Crippen molar-refractivity contribution in [1.82, 2.24) is 4.90 Å². The first kappa shape index (κ1) is 24.3. The van der Waals surface area contributed by atoms with Crippen LogP contribution in [0.3, 0.4) is 0 Å². The molecule has 3 amide bonds. The van der Waals surface area contributed by atoms with Crippen molar-refractivity contribution in [2.45, 2.75) is 20.0 Å². The molecule has 6 nitrogen and oxygen atoms in total. The Morgan fingerprint density at radius 3 is 2.57 bits per heavy atom. The molecule has 0 saturated carbocycles. The predicted octanol–water partition coefficient (Wildman–Crippen LogP) is 6.26. The number of imide groups is 1. The molecule has 0 spiro atoms. The molecule has 1 aliphatic heterocycles. The van der Waals surface area contributed by atoms with Gasteiger partial charge in [0.25, 0.3) is 11.1 Å². The lowest BCUT2D eigenvalue weighted by molar-refractivity contribution is -0.137. The number of hydrogen-bond acceptors (Lipinski definition) is 5. The van der Waals surface area contributed by atoms with Crippen molar-refractivity contribution in [1.29, 1.82) is 0 Å². The third-order valence-corrected chi connectivity index (χ3v) is 6.34. The molecule has 35 heavy (non-hydrogen) atoms. The van der Waals surface area contributed by atoms with Gasteiger partial charge in [0.2, 0.25) is 5.91 Å². The molecule has 1 fully saturated rings. The molecule has 10 heteroatoms. The molecule has 4 rings (SSSR count). The fourth-order valence-electron chi connectivity index (χ4n) is 3.42. The Balaban J connectivity index is 1.47. The Kier molecular flexibility index (Phi) is 6.58. The number of alkyl halides is 3. The maximum absolute atomic E-state index is 13.0. The van der Waals surface area contributed by atoms with Gasteiger partial charge in [-0.3, -0.25) is 19.3 Å². The average Bonchev–Trinajstić information content (AvgIpc) is 3.37. The highest BCUT2D eigenvalue weighted by atomic mass is 32.2. The molecule has 0 radical (unpaired) electrons. The molecule has 1 aromatic heterocycles. The van der Waals surface area contributed by atoms with Crippen molar-refractivity contribution >= 4 is 40.6 Å². The summed E-state index contributed by atoms with van der Waals surface area (Å²) in [6.07, 6.45) is -3.17. The minimum atomic E-state index is -4.49. The van der Waals surface area contributed by atoms with E-state index in [0.29, 0.717) is 17.4 Å². The Hall–Kier alpha value is -3.79. The molecule has 3 aromatic rings. The number of furan rings is 1. The minimum absolute atomic E-state index is 0.0412. The first-order valence-corrected chi connectivity index (χ1v) is 11.2. The van der Waals surface area contributed by atoms with Gasteiger partial charge in [-0.1, -0.05) is 24.3 Å². The van der Waals surface area contributed by atoms with Gasteiger partial charge in [0.1, 0.15) is 18.1 Å². The van der Waals surface area contributed by atoms with Crippen molar-refractivity contribution in [3.05, 3.63) is 82.0 Å². The number of benzene rings is 2. The van der Waals surface area contributed by atoms with E-state index < -0.39 is 35.3 Å². The highest BCUT2D eigenvalue weighted by Gasteiger charge is 2.36. The number of aryl methyl sites for hydroxylation is 1. The van der Waals surface area contributed by atoms with Crippen molar-refractivity contribution in [3.8, 4) is 11.3 Å². The second-order valence-electron chi connectivity index (χ2n) is 7.84. The maximum Gasteiger partial charge on any atom is 0.416 e. The topological polar surface area (TPSA) is 79.6 Å². The molecule has 0 aliphatic carbocycles. The van der Waals surface area contributed by atoms with Crippen molar-refractivity contribution < 1.29 is 32.0 Å². The van der Waals surface area contributed by atoms with Crippen LogP contribution in [-0.2, 0) is 15.8 Å². The van der Waals surface area contributed by atoms with Gasteiger partial charge in [-0.05, 0) is 67.1 Å². The van der Waals surface area contributed by atoms with Gasteiger partial charge >= 0.3 is 6.18 Å². The van der Waals surface area contributed by atoms with Crippen molar-refractivity contribution in [2.75, 3.05) is 11.9 Å². The van der Waals surface area contributed by atoms with Crippen LogP contribution in [0.2, 0.25) is 0 Å². The zero-order valence-electron chi connectivity index (χ0n) is 18.6. The van der Waals surface area contributed by atoms with Gasteiger partial charge in [0, 0.05) is 17.3 Å². The molecule has 2 aromatic carbocycles. The van der Waals surface area contributed by atoms with E-state index in [-0.39, 0.29) is 22.0 Å². The molecule has 1 N–H and O–H groups in total. The monoisotopic (exact) mass is 500 g/mol. The summed E-state index contributed by atoms with van der Waals surface area (Å²) in [5, 5.41) is 2.10. The van der Waals surface area contributed by atoms with Crippen LogP contribution in [0.1, 0.15) is 22.5 Å². The number of nitrogens with zero attached hydrogens (tertiary/aromatic N) is 1. The van der Waals surface area contributed by atoms with E-state index in [4.69, 9.17) is 4.42 Å². The molecule has 1 aliphatic rings. The van der Waals surface area contributed by atoms with E-state index in [0.717, 1.165) is 28.2 Å². The number of anilines is 1. The van der Waals surface area contributed by atoms with Crippen LogP contribution in [-0.4, -0.2) is 28.5 Å². The average molecular weight is 500 g/mol. The van der Waals surface area contributed by atoms with Crippen molar-refractivity contribution in [3.63, 3.8) is 0 Å². The summed E-state index contributed by atoms with van der Waals surface area (Å²) in [5.41, 5.74) is 1.86. The summed E-state index contributed by atoms with van der Waals surface area (Å²) >= 11 is 0.651. The van der Waals surface area contributed by atoms with Gasteiger partial charge in [-0.25, -0.2) is 0 Å². The van der Waals surface area contributed by atoms with Crippen LogP contribution >= 0.6 is 11.8 Å². The van der Waals surface area contributed by atoms with E-state index in [9.17, 15) is 27.6 Å². The first-order chi connectivity index (χ1) is 16.5. The number of hydrogen-bond donors (Lipinski definition) is 1. The van der Waals surface area contributed by atoms with Gasteiger partial charge in [-0.2, -0.15) is 13.2 Å². The van der Waals surface area contributed by atoms with Gasteiger partial charge in [0.05, 0.1) is 10.5 Å². The zero-order valence-corrected chi connectivity index (χ0v) is 19.4. The second-order valence-corrected chi connectivity index (χ2v) is 8.84. The smallest absolute Gasteiger partial charge is 0.416 e. The molecular formula is C25H19F3N2O4S. The Bertz CT molecular complexity index is 1360. The normalized spacial score (nSPS) is 15.2. The van der Waals surface area contributed by atoms with Crippen LogP contribution in [0, 0.1) is 13.8 Å². The SMILES string of the molecule is Cc1cccc(NC(=O)CN2C(=O)S/C(=C/c3ccc(-c4cccc(C(F)(F)F)c4)o3)C2=O)c1C. The van der Waals surface area contributed by atoms with E-state index in [1.54, 1.807) is 12.1 Å². The zero-order chi connectivity index (χ0) is 25.3. The highest BCUT2D eigenvalue weighted by molar-refractivity contribution is 8.18. The number of amides is 3. The summed E-state index contributed by atoms with van der Waals surface area (Å²) in [6.45, 7) is 3.30. The van der Waals surface area contributed by atoms with E-state index in [1.807, 2.05) is 19.9 Å². The Morgan fingerprint density at radius 2 is 1.83 bits per heavy atom. The van der Waals surface area contributed by atoms with Crippen LogP contribution in [0.25, 0.3) is 17.4 Å². The van der Waals surface area contributed by atoms with E-state index in [1.165, 1.54) is 30.3 Å². The third kappa shape index (κ3) is 5.32. The predicted molar refractivity (Wildman–Crippen MR) is 126 cm³/mol. The molecule has 1 saturated heterocycles. The third-order valence-electron chi connectivity index (χ3n) is 5.43. The summed E-state index contributed by atoms with van der Waals surface area (Å²) < 4.78 is 44.5. The van der Waals surface area contributed by atoms with Crippen LogP contribution in [0.5, 0.6) is 0 Å². The molecule has 180 valence electrons. The Labute approximate surface area is 202 Å². The molecule has 0 unspecified atom stereocenters. The van der Waals surface area contributed by atoms with Crippen LogP contribution in [0.15, 0.2) is 63.9 Å². The number of thioether (sulfide) groups is 1. The molecule has 0 atom stereocenters. The van der Waals surface area contributed by atoms with Crippen molar-refractivity contribution in [2.24, 2.45) is 0 Å². The minimum Gasteiger partial charge on any atom is -0.457 e. The summed E-state index contributed by atoms with van der Waals surface area (Å²) in [7, 11) is 0. The fraction of sp³-hybridized carbons (Fsp3) is 0.160. The largest absolute Gasteiger partial charge is 0.457 e. The second kappa shape index (κ2) is 9.46. The number of carbonyl (C=O) groups is 3. The summed E-state index contributed by atoms with van der Waals surface area (Å²) in [6, 6.07) is 13.0. The van der Waals surface area contributed by atoms with E-state index in [2.05, 4.69) is 5.32 Å². The summed E-state index contributed by atoms with van der Waals surface area (Å²) in [5.74, 6) is -0.822. The maximum atomic E-state index is 13.0. The number of halogens is 3. The lowest BCUT2D eigenvalue weighted by atomic mass is 10.1. The van der Waals surface area contributed by atoms with E-state index >= 15 is 0 Å². The lowest BCUT2D eigenvalue weighted by Crippen LogP contribution is -2.36. The molecule has 2 heterocycles. The van der Waals surface area contributed by atoms with Gasteiger partial charge < -0.3 is 9.73 Å². The summed E-state index contributed by atoms with van der Waals surface area (Å²) in [4.78, 5) is 38.4. The number of nitrogens with one attached hydrogen (secondary N) is 1. The number of rotatable bonds is 5. The molecular weight excluding hydrogens is 481 g/mol. The Morgan fingerprint density at radius 1 is 1.09 bits per heavy atom. The fourth-order valence-corrected chi connectivity index (χ4v) is 4.24. The van der Waals surface area contributed by atoms with Crippen LogP contribution in [0.4, 0.5) is 23.7 Å². The van der Waals surface area contributed by atoms with Crippen LogP contribution < -0.4 is 5.32 Å². The highest BCUT2D eigenvalue weighted by Crippen LogP contribution is 2.35. The van der Waals surface area contributed by atoms with Gasteiger partial charge in [-0.15, -0.1) is 0 Å². The number of carbonyl (C=O) groups excluding carboxylic acids is 3. The first-order valence-electron chi connectivity index (χ1n) is 10.4.